The molecular weight excluding hydrogens is 290 g/mol. The van der Waals surface area contributed by atoms with Gasteiger partial charge in [-0.1, -0.05) is 6.92 Å². The molecule has 0 aliphatic carbocycles. The first-order valence-electron chi connectivity index (χ1n) is 8.22. The van der Waals surface area contributed by atoms with Gasteiger partial charge in [0.05, 0.1) is 30.0 Å². The molecule has 1 heterocycles. The molecule has 5 nitrogen and oxygen atoms in total. The van der Waals surface area contributed by atoms with Gasteiger partial charge >= 0.3 is 0 Å². The highest BCUT2D eigenvalue weighted by molar-refractivity contribution is 5.81. The molecule has 1 N–H and O–H groups in total. The highest BCUT2D eigenvalue weighted by Gasteiger charge is 2.20. The Morgan fingerprint density at radius 2 is 2.30 bits per heavy atom. The van der Waals surface area contributed by atoms with Crippen molar-refractivity contribution in [2.75, 3.05) is 25.0 Å². The van der Waals surface area contributed by atoms with Crippen molar-refractivity contribution >= 4 is 11.6 Å². The van der Waals surface area contributed by atoms with E-state index in [0.717, 1.165) is 19.5 Å². The van der Waals surface area contributed by atoms with E-state index in [1.807, 2.05) is 18.7 Å². The number of hydrogen-bond donors (Lipinski definition) is 1. The van der Waals surface area contributed by atoms with Gasteiger partial charge in [0.15, 0.2) is 0 Å². The molecule has 2 rings (SSSR count). The van der Waals surface area contributed by atoms with Crippen LogP contribution in [0.2, 0.25) is 0 Å². The van der Waals surface area contributed by atoms with Crippen LogP contribution in [0.5, 0.6) is 5.75 Å². The summed E-state index contributed by atoms with van der Waals surface area (Å²) in [6, 6.07) is 7.33. The van der Waals surface area contributed by atoms with Gasteiger partial charge in [0.1, 0.15) is 5.75 Å². The van der Waals surface area contributed by atoms with Gasteiger partial charge in [0.2, 0.25) is 5.91 Å². The number of carbonyl (C=O) groups is 1. The Morgan fingerprint density at radius 1 is 1.52 bits per heavy atom. The summed E-state index contributed by atoms with van der Waals surface area (Å²) >= 11 is 0. The number of anilines is 1. The van der Waals surface area contributed by atoms with Crippen molar-refractivity contribution < 1.29 is 9.53 Å². The Bertz CT molecular complexity index is 592. The Kier molecular flexibility index (Phi) is 5.86. The number of nitrogens with one attached hydrogen (secondary N) is 1. The van der Waals surface area contributed by atoms with Crippen molar-refractivity contribution in [2.24, 2.45) is 5.92 Å². The van der Waals surface area contributed by atoms with E-state index in [1.165, 1.54) is 6.42 Å². The van der Waals surface area contributed by atoms with E-state index in [4.69, 9.17) is 10.00 Å². The maximum absolute atomic E-state index is 12.4. The van der Waals surface area contributed by atoms with Crippen LogP contribution in [0.1, 0.15) is 39.2 Å². The van der Waals surface area contributed by atoms with Gasteiger partial charge in [0.25, 0.3) is 0 Å². The lowest BCUT2D eigenvalue weighted by Gasteiger charge is -2.31. The highest BCUT2D eigenvalue weighted by Crippen LogP contribution is 2.26. The first-order valence-corrected chi connectivity index (χ1v) is 8.22. The van der Waals surface area contributed by atoms with Crippen molar-refractivity contribution in [2.45, 2.75) is 39.7 Å². The molecule has 1 aliphatic rings. The summed E-state index contributed by atoms with van der Waals surface area (Å²) in [4.78, 5) is 14.3. The van der Waals surface area contributed by atoms with E-state index < -0.39 is 0 Å². The van der Waals surface area contributed by atoms with Gasteiger partial charge in [-0.25, -0.2) is 0 Å². The second kappa shape index (κ2) is 7.87. The van der Waals surface area contributed by atoms with E-state index in [-0.39, 0.29) is 18.6 Å². The zero-order valence-electron chi connectivity index (χ0n) is 14.1. The molecule has 0 bridgehead atoms. The molecule has 23 heavy (non-hydrogen) atoms. The second-order valence-electron chi connectivity index (χ2n) is 6.43. The summed E-state index contributed by atoms with van der Waals surface area (Å²) in [7, 11) is 0. The normalized spacial score (nSPS) is 17.7. The molecule has 1 atom stereocenters. The summed E-state index contributed by atoms with van der Waals surface area (Å²) in [5.41, 5.74) is 1.24. The lowest BCUT2D eigenvalue weighted by atomic mass is 10.0. The number of carbonyl (C=O) groups excluding carboxylic acids is 1. The molecule has 0 unspecified atom stereocenters. The lowest BCUT2D eigenvalue weighted by molar-refractivity contribution is -0.130. The molecule has 1 aromatic carbocycles. The Labute approximate surface area is 138 Å². The molecular formula is C18H25N3O2. The predicted octanol–water partition coefficient (Wildman–Crippen LogP) is 3.02. The van der Waals surface area contributed by atoms with Crippen molar-refractivity contribution in [3.05, 3.63) is 23.8 Å². The van der Waals surface area contributed by atoms with Crippen LogP contribution in [0.3, 0.4) is 0 Å². The average Bonchev–Trinajstić information content (AvgIpc) is 2.53. The van der Waals surface area contributed by atoms with Crippen molar-refractivity contribution in [3.63, 3.8) is 0 Å². The number of nitriles is 1. The smallest absolute Gasteiger partial charge is 0.241 e. The third-order valence-corrected chi connectivity index (χ3v) is 3.91. The molecule has 124 valence electrons. The molecule has 1 fully saturated rings. The molecule has 5 heteroatoms. The van der Waals surface area contributed by atoms with E-state index >= 15 is 0 Å². The molecule has 0 radical (unpaired) electrons. The minimum absolute atomic E-state index is 0.0298. The molecule has 0 saturated carbocycles. The molecule has 0 aromatic heterocycles. The summed E-state index contributed by atoms with van der Waals surface area (Å²) < 4.78 is 5.74. The fourth-order valence-electron chi connectivity index (χ4n) is 2.79. The van der Waals surface area contributed by atoms with Gasteiger partial charge in [-0.15, -0.1) is 0 Å². The molecule has 0 spiro atoms. The predicted molar refractivity (Wildman–Crippen MR) is 90.4 cm³/mol. The largest absolute Gasteiger partial charge is 0.489 e. The van der Waals surface area contributed by atoms with Crippen molar-refractivity contribution in [1.29, 1.82) is 5.26 Å². The average molecular weight is 315 g/mol. The first kappa shape index (κ1) is 17.1. The minimum atomic E-state index is 0.0298. The van der Waals surface area contributed by atoms with Crippen LogP contribution in [0.4, 0.5) is 5.69 Å². The number of piperidine rings is 1. The lowest BCUT2D eigenvalue weighted by Crippen LogP contribution is -2.42. The monoisotopic (exact) mass is 315 g/mol. The van der Waals surface area contributed by atoms with Crippen LogP contribution < -0.4 is 10.1 Å². The molecule has 1 amide bonds. The molecule has 1 aromatic rings. The van der Waals surface area contributed by atoms with E-state index in [2.05, 4.69) is 18.3 Å². The van der Waals surface area contributed by atoms with Crippen molar-refractivity contribution in [1.82, 2.24) is 4.90 Å². The van der Waals surface area contributed by atoms with E-state index in [0.29, 0.717) is 22.9 Å². The Balaban J connectivity index is 2.03. The number of benzene rings is 1. The fraction of sp³-hybridized carbons (Fsp3) is 0.556. The highest BCUT2D eigenvalue weighted by atomic mass is 16.5. The minimum Gasteiger partial charge on any atom is -0.489 e. The van der Waals surface area contributed by atoms with Gasteiger partial charge < -0.3 is 15.0 Å². The topological polar surface area (TPSA) is 65.4 Å². The molecule has 1 aliphatic heterocycles. The van der Waals surface area contributed by atoms with Crippen LogP contribution in [0, 0.1) is 17.2 Å². The number of amides is 1. The zero-order valence-corrected chi connectivity index (χ0v) is 14.1. The number of hydrogen-bond acceptors (Lipinski definition) is 4. The summed E-state index contributed by atoms with van der Waals surface area (Å²) in [6.07, 6.45) is 2.29. The van der Waals surface area contributed by atoms with Crippen LogP contribution in [-0.4, -0.2) is 36.5 Å². The zero-order chi connectivity index (χ0) is 16.8. The second-order valence-corrected chi connectivity index (χ2v) is 6.43. The molecule has 1 saturated heterocycles. The van der Waals surface area contributed by atoms with Crippen LogP contribution in [-0.2, 0) is 4.79 Å². The fourth-order valence-corrected chi connectivity index (χ4v) is 2.79. The number of rotatable bonds is 5. The third-order valence-electron chi connectivity index (χ3n) is 3.91. The standard InChI is InChI=1S/C18H25N3O2/c1-13(2)23-17-7-6-15(10-19)9-16(17)20-11-18(22)21-8-4-5-14(3)12-21/h6-7,9,13-14,20H,4-5,8,11-12H2,1-3H3/t14-/m0/s1. The Morgan fingerprint density at radius 3 is 2.96 bits per heavy atom. The van der Waals surface area contributed by atoms with Gasteiger partial charge in [-0.05, 0) is 50.8 Å². The van der Waals surface area contributed by atoms with Crippen LogP contribution in [0.15, 0.2) is 18.2 Å². The van der Waals surface area contributed by atoms with Crippen molar-refractivity contribution in [3.8, 4) is 11.8 Å². The van der Waals surface area contributed by atoms with E-state index in [9.17, 15) is 4.79 Å². The number of nitrogens with zero attached hydrogens (tertiary/aromatic N) is 2. The Hall–Kier alpha value is -2.22. The van der Waals surface area contributed by atoms with Gasteiger partial charge in [-0.2, -0.15) is 5.26 Å². The SMILES string of the molecule is CC(C)Oc1ccc(C#N)cc1NCC(=O)N1CCC[C@H](C)C1. The van der Waals surface area contributed by atoms with Crippen LogP contribution in [0.25, 0.3) is 0 Å². The van der Waals surface area contributed by atoms with E-state index in [1.54, 1.807) is 18.2 Å². The van der Waals surface area contributed by atoms with Gasteiger partial charge in [0, 0.05) is 13.1 Å². The summed E-state index contributed by atoms with van der Waals surface area (Å²) in [5.74, 6) is 1.32. The summed E-state index contributed by atoms with van der Waals surface area (Å²) in [6.45, 7) is 7.95. The quantitative estimate of drug-likeness (QED) is 0.907. The number of ether oxygens (including phenoxy) is 1. The maximum atomic E-state index is 12.4. The van der Waals surface area contributed by atoms with Gasteiger partial charge in [-0.3, -0.25) is 4.79 Å². The summed E-state index contributed by atoms with van der Waals surface area (Å²) in [5, 5.41) is 12.2. The first-order chi connectivity index (χ1) is 11.0. The van der Waals surface area contributed by atoms with Crippen LogP contribution >= 0.6 is 0 Å². The third kappa shape index (κ3) is 4.88. The maximum Gasteiger partial charge on any atom is 0.241 e. The number of likely N-dealkylation sites (tertiary alicyclic amines) is 1.